The van der Waals surface area contributed by atoms with Crippen molar-refractivity contribution in [2.45, 2.75) is 52.4 Å². The largest absolute Gasteiger partial charge is 0.644 e. The van der Waals surface area contributed by atoms with E-state index in [9.17, 15) is 19.2 Å². The molecule has 0 aliphatic rings. The molecule has 0 fully saturated rings. The summed E-state index contributed by atoms with van der Waals surface area (Å²) in [5.74, 6) is 0. The highest BCUT2D eigenvalue weighted by atomic mass is 28.6. The van der Waals surface area contributed by atoms with Gasteiger partial charge in [-0.1, -0.05) is 243 Å². The van der Waals surface area contributed by atoms with E-state index in [1.807, 2.05) is 269 Å². The molecule has 0 heterocycles. The molecule has 0 aliphatic carbocycles. The lowest BCUT2D eigenvalue weighted by atomic mass is 10.4. The van der Waals surface area contributed by atoms with Crippen molar-refractivity contribution >= 4 is 119 Å². The standard InChI is InChI=1S/C56H68O12Si9/c1-69(57,49-33-17-9-18-34-49)61-73(5,53-41-25-13-26-42-53)65-77(66-74(6,54-43-27-14-28-44-54)62-70(2,58)50-35-19-10-20-36-50,67-75(7,55-45-29-15-30-46-55)63-71(3,59)51-37-21-11-22-38-51)68-76(8,56-47-31-16-32-48-56)64-72(4,60)52-39-23-12-24-40-52/h9-48,57-60H,1-8H3. The van der Waals surface area contributed by atoms with E-state index in [0.29, 0.717) is 41.5 Å². The molecule has 8 atom stereocenters. The van der Waals surface area contributed by atoms with Gasteiger partial charge < -0.3 is 52.1 Å². The topological polar surface area (TPSA) is 155 Å². The zero-order chi connectivity index (χ0) is 55.1. The average molecular weight is 1190 g/mol. The maximum atomic E-state index is 12.9. The summed E-state index contributed by atoms with van der Waals surface area (Å²) in [5.41, 5.74) is 0. The van der Waals surface area contributed by atoms with Gasteiger partial charge in [0.15, 0.2) is 0 Å². The predicted molar refractivity (Wildman–Crippen MR) is 325 cm³/mol. The van der Waals surface area contributed by atoms with Gasteiger partial charge in [-0.15, -0.1) is 0 Å². The maximum Gasteiger partial charge on any atom is 0.644 e. The van der Waals surface area contributed by atoms with E-state index in [2.05, 4.69) is 0 Å². The fraction of sp³-hybridized carbons (Fsp3) is 0.143. The molecule has 0 aromatic heterocycles. The van der Waals surface area contributed by atoms with E-state index in [4.69, 9.17) is 32.9 Å². The molecule has 400 valence electrons. The maximum absolute atomic E-state index is 12.9. The smallest absolute Gasteiger partial charge is 0.408 e. The lowest BCUT2D eigenvalue weighted by molar-refractivity contribution is 0.103. The Labute approximate surface area is 463 Å². The van der Waals surface area contributed by atoms with E-state index in [1.54, 1.807) is 26.2 Å². The first-order chi connectivity index (χ1) is 36.5. The fourth-order valence-corrected chi connectivity index (χ4v) is 46.6. The van der Waals surface area contributed by atoms with Gasteiger partial charge in [0.25, 0.3) is 0 Å². The second kappa shape index (κ2) is 23.9. The molecule has 0 spiro atoms. The zero-order valence-electron chi connectivity index (χ0n) is 44.6. The van der Waals surface area contributed by atoms with Crippen molar-refractivity contribution in [2.75, 3.05) is 0 Å². The molecule has 0 saturated carbocycles. The molecule has 8 aromatic carbocycles. The van der Waals surface area contributed by atoms with Crippen LogP contribution in [0.3, 0.4) is 0 Å². The summed E-state index contributed by atoms with van der Waals surface area (Å²) in [6, 6.07) is 74.5. The molecule has 12 nitrogen and oxygen atoms in total. The van der Waals surface area contributed by atoms with Gasteiger partial charge in [0, 0.05) is 0 Å². The summed E-state index contributed by atoms with van der Waals surface area (Å²) in [7, 11) is -38.6. The Bertz CT molecular complexity index is 2690. The van der Waals surface area contributed by atoms with Gasteiger partial charge in [-0.25, -0.2) is 0 Å². The Morgan fingerprint density at radius 1 is 0.195 bits per heavy atom. The summed E-state index contributed by atoms with van der Waals surface area (Å²) in [5, 5.41) is 4.70. The molecular formula is C56H68O12Si9. The number of benzene rings is 8. The highest BCUT2D eigenvalue weighted by Gasteiger charge is 2.68. The van der Waals surface area contributed by atoms with Crippen molar-refractivity contribution in [3.63, 3.8) is 0 Å². The van der Waals surface area contributed by atoms with Crippen LogP contribution in [0.2, 0.25) is 52.4 Å². The van der Waals surface area contributed by atoms with Gasteiger partial charge in [-0.2, -0.15) is 0 Å². The van der Waals surface area contributed by atoms with Crippen LogP contribution in [0.1, 0.15) is 0 Å². The molecule has 0 aliphatic heterocycles. The average Bonchev–Trinajstić information content (AvgIpc) is 3.43. The Morgan fingerprint density at radius 2 is 0.325 bits per heavy atom. The van der Waals surface area contributed by atoms with Gasteiger partial charge in [-0.3, -0.25) is 0 Å². The fourth-order valence-electron chi connectivity index (χ4n) is 9.34. The molecule has 4 N–H and O–H groups in total. The van der Waals surface area contributed by atoms with Crippen LogP contribution in [-0.4, -0.2) is 96.7 Å². The minimum atomic E-state index is -5.48. The van der Waals surface area contributed by atoms with Crippen LogP contribution in [0.25, 0.3) is 0 Å². The molecule has 8 rings (SSSR count). The summed E-state index contributed by atoms with van der Waals surface area (Å²) >= 11 is 0. The van der Waals surface area contributed by atoms with E-state index in [1.165, 1.54) is 0 Å². The van der Waals surface area contributed by atoms with Crippen molar-refractivity contribution in [1.29, 1.82) is 0 Å². The number of hydrogen-bond donors (Lipinski definition) is 4. The highest BCUT2D eigenvalue weighted by Crippen LogP contribution is 2.35. The third-order valence-corrected chi connectivity index (χ3v) is 47.3. The van der Waals surface area contributed by atoms with Gasteiger partial charge >= 0.3 is 77.5 Å². The normalized spacial score (nSPS) is 19.0. The van der Waals surface area contributed by atoms with Crippen LogP contribution < -0.4 is 41.5 Å². The predicted octanol–water partition coefficient (Wildman–Crippen LogP) is 5.36. The van der Waals surface area contributed by atoms with E-state index in [-0.39, 0.29) is 0 Å². The summed E-state index contributed by atoms with van der Waals surface area (Å²) in [6.07, 6.45) is 0. The lowest BCUT2D eigenvalue weighted by Gasteiger charge is -2.49. The first kappa shape index (κ1) is 58.4. The first-order valence-electron chi connectivity index (χ1n) is 25.4. The van der Waals surface area contributed by atoms with Crippen LogP contribution in [-0.2, 0) is 32.9 Å². The monoisotopic (exact) mass is 1180 g/mol. The minimum Gasteiger partial charge on any atom is -0.408 e. The third-order valence-electron chi connectivity index (χ3n) is 13.3. The molecule has 0 amide bonds. The second-order valence-electron chi connectivity index (χ2n) is 20.0. The molecule has 0 saturated heterocycles. The van der Waals surface area contributed by atoms with Crippen LogP contribution in [0.5, 0.6) is 0 Å². The van der Waals surface area contributed by atoms with Crippen molar-refractivity contribution < 1.29 is 52.1 Å². The van der Waals surface area contributed by atoms with Gasteiger partial charge in [-0.05, 0) is 93.9 Å². The Balaban J connectivity index is 1.48. The third kappa shape index (κ3) is 14.2. The van der Waals surface area contributed by atoms with Crippen LogP contribution in [0.15, 0.2) is 243 Å². The van der Waals surface area contributed by atoms with E-state index in [0.717, 1.165) is 0 Å². The van der Waals surface area contributed by atoms with E-state index < -0.39 is 77.5 Å². The SMILES string of the molecule is C[Si](O)(O[Si](C)(O[Si](O[Si](C)(O[Si](C)(O)c1ccccc1)c1ccccc1)(O[Si](C)(O[Si](C)(O)c1ccccc1)c1ccccc1)O[Si](C)(O[Si](C)(O)c1ccccc1)c1ccccc1)c1ccccc1)c1ccccc1. The van der Waals surface area contributed by atoms with E-state index >= 15 is 0 Å². The number of hydrogen-bond acceptors (Lipinski definition) is 12. The summed E-state index contributed by atoms with van der Waals surface area (Å²) in [6.45, 7) is 14.1. The quantitative estimate of drug-likeness (QED) is 0.0577. The van der Waals surface area contributed by atoms with Crippen LogP contribution >= 0.6 is 0 Å². The Hall–Kier alpha value is -4.77. The molecule has 8 unspecified atom stereocenters. The molecular weight excluding hydrogens is 1120 g/mol. The van der Waals surface area contributed by atoms with Crippen molar-refractivity contribution in [3.8, 4) is 0 Å². The Kier molecular flexibility index (Phi) is 18.1. The molecule has 8 aromatic rings. The summed E-state index contributed by atoms with van der Waals surface area (Å²) < 4.78 is 61.4. The van der Waals surface area contributed by atoms with Crippen LogP contribution in [0, 0.1) is 0 Å². The zero-order valence-corrected chi connectivity index (χ0v) is 53.6. The molecule has 0 bridgehead atoms. The second-order valence-corrected chi connectivity index (χ2v) is 47.5. The van der Waals surface area contributed by atoms with Gasteiger partial charge in [0.05, 0.1) is 0 Å². The molecule has 0 radical (unpaired) electrons. The van der Waals surface area contributed by atoms with Gasteiger partial charge in [0.2, 0.25) is 0 Å². The van der Waals surface area contributed by atoms with Gasteiger partial charge in [0.1, 0.15) is 0 Å². The number of rotatable bonds is 24. The minimum absolute atomic E-state index is 0.582. The van der Waals surface area contributed by atoms with Crippen molar-refractivity contribution in [2.24, 2.45) is 0 Å². The van der Waals surface area contributed by atoms with Crippen molar-refractivity contribution in [1.82, 2.24) is 0 Å². The first-order valence-corrected chi connectivity index (χ1v) is 45.8. The Morgan fingerprint density at radius 3 is 0.468 bits per heavy atom. The highest BCUT2D eigenvalue weighted by molar-refractivity contribution is 7.03. The molecule has 21 heteroatoms. The molecule has 77 heavy (non-hydrogen) atoms. The lowest BCUT2D eigenvalue weighted by Crippen LogP contribution is -2.78. The van der Waals surface area contributed by atoms with Crippen LogP contribution in [0.4, 0.5) is 0 Å². The summed E-state index contributed by atoms with van der Waals surface area (Å²) in [4.78, 5) is 51.5. The van der Waals surface area contributed by atoms with Crippen molar-refractivity contribution in [3.05, 3.63) is 243 Å².